The van der Waals surface area contributed by atoms with Crippen molar-refractivity contribution in [1.29, 1.82) is 0 Å². The van der Waals surface area contributed by atoms with Gasteiger partial charge in [0.05, 0.1) is 11.9 Å². The molecule has 3 N–H and O–H groups in total. The minimum atomic E-state index is 0.491. The molecule has 0 aliphatic carbocycles. The molecule has 0 spiro atoms. The van der Waals surface area contributed by atoms with Crippen molar-refractivity contribution in [3.05, 3.63) is 48.4 Å². The Kier molecular flexibility index (Phi) is 2.90. The molecule has 4 nitrogen and oxygen atoms in total. The smallest absolute Gasteiger partial charge is 0.130 e. The van der Waals surface area contributed by atoms with E-state index in [2.05, 4.69) is 15.3 Å². The number of rotatable bonds is 3. The predicted molar refractivity (Wildman–Crippen MR) is 59.6 cm³/mol. The number of nitrogens with one attached hydrogen (secondary N) is 1. The number of nitrogens with two attached hydrogens (primary N) is 1. The summed E-state index contributed by atoms with van der Waals surface area (Å²) >= 11 is 0. The molecule has 0 amide bonds. The summed E-state index contributed by atoms with van der Waals surface area (Å²) in [6, 6.07) is 7.66. The van der Waals surface area contributed by atoms with Crippen LogP contribution in [0.15, 0.2) is 42.9 Å². The Balaban J connectivity index is 2.17. The highest BCUT2D eigenvalue weighted by molar-refractivity contribution is 5.55. The van der Waals surface area contributed by atoms with Gasteiger partial charge >= 0.3 is 0 Å². The zero-order chi connectivity index (χ0) is 10.5. The van der Waals surface area contributed by atoms with Crippen LogP contribution in [0.1, 0.15) is 5.56 Å². The van der Waals surface area contributed by atoms with Gasteiger partial charge in [0, 0.05) is 18.9 Å². The maximum atomic E-state index is 5.53. The van der Waals surface area contributed by atoms with Gasteiger partial charge in [-0.2, -0.15) is 0 Å². The van der Waals surface area contributed by atoms with E-state index in [0.717, 1.165) is 17.1 Å². The van der Waals surface area contributed by atoms with E-state index in [1.165, 1.54) is 0 Å². The second-order valence-electron chi connectivity index (χ2n) is 3.13. The molecule has 2 aromatic heterocycles. The predicted octanol–water partition coefficient (Wildman–Crippen LogP) is 1.68. The standard InChI is InChI=1S/C11H12N4/c12-6-9-5-10(8-13-7-9)15-11-3-1-2-4-14-11/h1-5,7-8H,6,12H2,(H,14,15). The van der Waals surface area contributed by atoms with Crippen molar-refractivity contribution in [2.24, 2.45) is 5.73 Å². The van der Waals surface area contributed by atoms with Crippen molar-refractivity contribution in [2.45, 2.75) is 6.54 Å². The van der Waals surface area contributed by atoms with Gasteiger partial charge in [0.25, 0.3) is 0 Å². The minimum absolute atomic E-state index is 0.491. The lowest BCUT2D eigenvalue weighted by Crippen LogP contribution is -1.99. The first-order valence-electron chi connectivity index (χ1n) is 4.70. The van der Waals surface area contributed by atoms with Crippen LogP contribution in [-0.2, 0) is 6.54 Å². The van der Waals surface area contributed by atoms with Gasteiger partial charge in [-0.05, 0) is 23.8 Å². The number of nitrogens with zero attached hydrogens (tertiary/aromatic N) is 2. The van der Waals surface area contributed by atoms with Crippen molar-refractivity contribution >= 4 is 11.5 Å². The van der Waals surface area contributed by atoms with Gasteiger partial charge in [-0.25, -0.2) is 4.98 Å². The number of hydrogen-bond acceptors (Lipinski definition) is 4. The normalized spacial score (nSPS) is 9.93. The van der Waals surface area contributed by atoms with E-state index in [0.29, 0.717) is 6.54 Å². The Morgan fingerprint density at radius 2 is 2.20 bits per heavy atom. The van der Waals surface area contributed by atoms with Gasteiger partial charge in [0.1, 0.15) is 5.82 Å². The molecule has 0 aliphatic heterocycles. The fourth-order valence-electron chi connectivity index (χ4n) is 1.25. The lowest BCUT2D eigenvalue weighted by Gasteiger charge is -2.05. The second-order valence-corrected chi connectivity index (χ2v) is 3.13. The highest BCUT2D eigenvalue weighted by Crippen LogP contribution is 2.13. The average Bonchev–Trinajstić information content (AvgIpc) is 2.31. The molecule has 0 radical (unpaired) electrons. The maximum Gasteiger partial charge on any atom is 0.130 e. The highest BCUT2D eigenvalue weighted by atomic mass is 15.0. The van der Waals surface area contributed by atoms with Crippen molar-refractivity contribution in [3.8, 4) is 0 Å². The lowest BCUT2D eigenvalue weighted by atomic mass is 10.2. The topological polar surface area (TPSA) is 63.8 Å². The first-order valence-corrected chi connectivity index (χ1v) is 4.70. The maximum absolute atomic E-state index is 5.53. The third kappa shape index (κ3) is 2.51. The molecule has 76 valence electrons. The van der Waals surface area contributed by atoms with E-state index in [4.69, 9.17) is 5.73 Å². The summed E-state index contributed by atoms with van der Waals surface area (Å²) in [7, 11) is 0. The van der Waals surface area contributed by atoms with Crippen LogP contribution >= 0.6 is 0 Å². The fourth-order valence-corrected chi connectivity index (χ4v) is 1.25. The van der Waals surface area contributed by atoms with Crippen LogP contribution in [0.2, 0.25) is 0 Å². The van der Waals surface area contributed by atoms with Crippen LogP contribution < -0.4 is 11.1 Å². The molecular weight excluding hydrogens is 188 g/mol. The summed E-state index contributed by atoms with van der Waals surface area (Å²) in [4.78, 5) is 8.24. The average molecular weight is 200 g/mol. The monoisotopic (exact) mass is 200 g/mol. The van der Waals surface area contributed by atoms with Crippen LogP contribution in [0.3, 0.4) is 0 Å². The molecular formula is C11H12N4. The molecule has 0 aliphatic rings. The number of pyridine rings is 2. The van der Waals surface area contributed by atoms with Crippen LogP contribution in [0.25, 0.3) is 0 Å². The van der Waals surface area contributed by atoms with E-state index >= 15 is 0 Å². The largest absolute Gasteiger partial charge is 0.339 e. The molecule has 0 fully saturated rings. The second kappa shape index (κ2) is 4.52. The Morgan fingerprint density at radius 3 is 2.93 bits per heavy atom. The van der Waals surface area contributed by atoms with E-state index in [1.54, 1.807) is 18.6 Å². The third-order valence-electron chi connectivity index (χ3n) is 1.97. The lowest BCUT2D eigenvalue weighted by molar-refractivity contribution is 1.05. The van der Waals surface area contributed by atoms with E-state index < -0.39 is 0 Å². The summed E-state index contributed by atoms with van der Waals surface area (Å²) in [5.41, 5.74) is 7.42. The molecule has 2 rings (SSSR count). The van der Waals surface area contributed by atoms with E-state index in [-0.39, 0.29) is 0 Å². The molecule has 2 heterocycles. The molecule has 4 heteroatoms. The van der Waals surface area contributed by atoms with Gasteiger partial charge in [0.15, 0.2) is 0 Å². The molecule has 0 bridgehead atoms. The molecule has 2 aromatic rings. The summed E-state index contributed by atoms with van der Waals surface area (Å²) in [6.07, 6.45) is 5.24. The Hall–Kier alpha value is -1.94. The quantitative estimate of drug-likeness (QED) is 0.791. The Labute approximate surface area is 88.2 Å². The van der Waals surface area contributed by atoms with Gasteiger partial charge in [-0.15, -0.1) is 0 Å². The fraction of sp³-hybridized carbons (Fsp3) is 0.0909. The van der Waals surface area contributed by atoms with Crippen molar-refractivity contribution < 1.29 is 0 Å². The zero-order valence-corrected chi connectivity index (χ0v) is 8.22. The van der Waals surface area contributed by atoms with E-state index in [1.807, 2.05) is 24.3 Å². The molecule has 0 saturated carbocycles. The first kappa shape index (κ1) is 9.61. The number of aromatic nitrogens is 2. The SMILES string of the molecule is NCc1cncc(Nc2ccccn2)c1. The van der Waals surface area contributed by atoms with Gasteiger partial charge in [-0.3, -0.25) is 4.98 Å². The first-order chi connectivity index (χ1) is 7.38. The molecule has 0 aromatic carbocycles. The summed E-state index contributed by atoms with van der Waals surface area (Å²) < 4.78 is 0. The number of anilines is 2. The minimum Gasteiger partial charge on any atom is -0.339 e. The Morgan fingerprint density at radius 1 is 1.27 bits per heavy atom. The van der Waals surface area contributed by atoms with Crippen LogP contribution in [-0.4, -0.2) is 9.97 Å². The number of hydrogen-bond donors (Lipinski definition) is 2. The Bertz CT molecular complexity index is 428. The van der Waals surface area contributed by atoms with Gasteiger partial charge in [0.2, 0.25) is 0 Å². The van der Waals surface area contributed by atoms with Crippen molar-refractivity contribution in [2.75, 3.05) is 5.32 Å². The van der Waals surface area contributed by atoms with E-state index in [9.17, 15) is 0 Å². The molecule has 0 unspecified atom stereocenters. The highest BCUT2D eigenvalue weighted by Gasteiger charge is 1.96. The summed E-state index contributed by atoms with van der Waals surface area (Å²) in [5.74, 6) is 0.800. The van der Waals surface area contributed by atoms with Gasteiger partial charge in [-0.1, -0.05) is 6.07 Å². The summed E-state index contributed by atoms with van der Waals surface area (Å²) in [5, 5.41) is 3.15. The zero-order valence-electron chi connectivity index (χ0n) is 8.22. The summed E-state index contributed by atoms with van der Waals surface area (Å²) in [6.45, 7) is 0.491. The third-order valence-corrected chi connectivity index (χ3v) is 1.97. The van der Waals surface area contributed by atoms with Crippen molar-refractivity contribution in [3.63, 3.8) is 0 Å². The van der Waals surface area contributed by atoms with Crippen LogP contribution in [0.5, 0.6) is 0 Å². The molecule has 0 saturated heterocycles. The molecule has 0 atom stereocenters. The van der Waals surface area contributed by atoms with Crippen LogP contribution in [0, 0.1) is 0 Å². The van der Waals surface area contributed by atoms with Crippen molar-refractivity contribution in [1.82, 2.24) is 9.97 Å². The van der Waals surface area contributed by atoms with Gasteiger partial charge < -0.3 is 11.1 Å². The van der Waals surface area contributed by atoms with Crippen LogP contribution in [0.4, 0.5) is 11.5 Å². The molecule has 15 heavy (non-hydrogen) atoms.